The second-order valence-electron chi connectivity index (χ2n) is 6.38. The first kappa shape index (κ1) is 14.4. The van der Waals surface area contributed by atoms with Gasteiger partial charge in [0.25, 0.3) is 0 Å². The average Bonchev–Trinajstić information content (AvgIpc) is 3.12. The maximum atomic E-state index is 11.8. The van der Waals surface area contributed by atoms with Crippen molar-refractivity contribution in [3.8, 4) is 0 Å². The van der Waals surface area contributed by atoms with Crippen LogP contribution in [0.3, 0.4) is 0 Å². The fourth-order valence-corrected chi connectivity index (χ4v) is 3.35. The highest BCUT2D eigenvalue weighted by Gasteiger charge is 2.50. The molecule has 2 aliphatic rings. The van der Waals surface area contributed by atoms with Crippen molar-refractivity contribution in [1.82, 2.24) is 15.1 Å². The topological polar surface area (TPSA) is 58.0 Å². The number of nitrogens with zero attached hydrogens (tertiary/aromatic N) is 2. The van der Waals surface area contributed by atoms with Crippen LogP contribution in [0.1, 0.15) is 5.76 Å². The largest absolute Gasteiger partial charge is 0.468 e. The maximum absolute atomic E-state index is 11.8. The van der Waals surface area contributed by atoms with Crippen molar-refractivity contribution in [2.45, 2.75) is 6.54 Å². The summed E-state index contributed by atoms with van der Waals surface area (Å²) >= 11 is 0. The number of carbonyl (C=O) groups excluding carboxylic acids is 1. The van der Waals surface area contributed by atoms with Crippen molar-refractivity contribution in [1.29, 1.82) is 0 Å². The number of nitrogens with one attached hydrogen (secondary N) is 1. The van der Waals surface area contributed by atoms with Gasteiger partial charge in [-0.25, -0.2) is 4.79 Å². The van der Waals surface area contributed by atoms with E-state index in [1.807, 2.05) is 12.1 Å². The van der Waals surface area contributed by atoms with Gasteiger partial charge in [-0.2, -0.15) is 0 Å². The first-order chi connectivity index (χ1) is 10.1. The summed E-state index contributed by atoms with van der Waals surface area (Å²) in [7, 11) is 3.51. The average molecular weight is 293 g/mol. The Hall–Kier alpha value is -1.53. The highest BCUT2D eigenvalue weighted by molar-refractivity contribution is 5.73. The first-order valence-corrected chi connectivity index (χ1v) is 7.37. The molecular weight excluding hydrogens is 270 g/mol. The smallest absolute Gasteiger partial charge is 0.316 e. The van der Waals surface area contributed by atoms with Gasteiger partial charge in [0, 0.05) is 45.1 Å². The Balaban J connectivity index is 1.61. The van der Waals surface area contributed by atoms with Crippen molar-refractivity contribution in [3.05, 3.63) is 24.2 Å². The zero-order valence-corrected chi connectivity index (χ0v) is 12.7. The molecule has 6 heteroatoms. The third kappa shape index (κ3) is 2.91. The Bertz CT molecular complexity index is 488. The molecule has 0 radical (unpaired) electrons. The van der Waals surface area contributed by atoms with Gasteiger partial charge in [-0.05, 0) is 12.1 Å². The number of hydrogen-bond donors (Lipinski definition) is 1. The van der Waals surface area contributed by atoms with E-state index in [0.29, 0.717) is 12.5 Å². The summed E-state index contributed by atoms with van der Waals surface area (Å²) in [5, 5.41) is 3.02. The Morgan fingerprint density at radius 3 is 3.14 bits per heavy atom. The van der Waals surface area contributed by atoms with Crippen LogP contribution in [-0.2, 0) is 11.3 Å². The van der Waals surface area contributed by atoms with Crippen LogP contribution >= 0.6 is 0 Å². The zero-order chi connectivity index (χ0) is 14.9. The van der Waals surface area contributed by atoms with E-state index in [-0.39, 0.29) is 11.4 Å². The van der Waals surface area contributed by atoms with E-state index in [9.17, 15) is 4.79 Å². The Morgan fingerprint density at radius 2 is 2.43 bits per heavy atom. The van der Waals surface area contributed by atoms with Crippen LogP contribution in [0.4, 0.5) is 4.79 Å². The molecule has 3 heterocycles. The fourth-order valence-electron chi connectivity index (χ4n) is 3.35. The van der Waals surface area contributed by atoms with Gasteiger partial charge in [0.05, 0.1) is 26.0 Å². The minimum absolute atomic E-state index is 0.0399. The number of carbonyl (C=O) groups is 1. The molecule has 1 aromatic rings. The van der Waals surface area contributed by atoms with E-state index < -0.39 is 0 Å². The van der Waals surface area contributed by atoms with E-state index in [1.165, 1.54) is 0 Å². The summed E-state index contributed by atoms with van der Waals surface area (Å²) in [6.07, 6.45) is 1.71. The third-order valence-corrected chi connectivity index (χ3v) is 4.55. The third-order valence-electron chi connectivity index (χ3n) is 4.55. The van der Waals surface area contributed by atoms with Crippen LogP contribution < -0.4 is 5.32 Å². The summed E-state index contributed by atoms with van der Waals surface area (Å²) in [5.41, 5.74) is 0.0399. The minimum Gasteiger partial charge on any atom is -0.468 e. The van der Waals surface area contributed by atoms with Crippen LogP contribution in [0.2, 0.25) is 0 Å². The molecule has 3 rings (SSSR count). The van der Waals surface area contributed by atoms with E-state index >= 15 is 0 Å². The Morgan fingerprint density at radius 1 is 1.57 bits per heavy atom. The molecule has 1 N–H and O–H groups in total. The van der Waals surface area contributed by atoms with Gasteiger partial charge in [0.1, 0.15) is 5.76 Å². The summed E-state index contributed by atoms with van der Waals surface area (Å²) < 4.78 is 11.1. The molecular formula is C15H23N3O3. The molecule has 2 atom stereocenters. The number of amides is 2. The predicted octanol–water partition coefficient (Wildman–Crippen LogP) is 0.999. The van der Waals surface area contributed by atoms with Gasteiger partial charge in [-0.3, -0.25) is 4.90 Å². The number of ether oxygens (including phenoxy) is 1. The molecule has 0 saturated carbocycles. The molecule has 2 amide bonds. The summed E-state index contributed by atoms with van der Waals surface area (Å²) in [4.78, 5) is 15.7. The number of furan rings is 1. The first-order valence-electron chi connectivity index (χ1n) is 7.37. The minimum atomic E-state index is -0.0421. The number of fused-ring (bicyclic) bond motifs is 1. The van der Waals surface area contributed by atoms with E-state index in [4.69, 9.17) is 9.15 Å². The second-order valence-corrected chi connectivity index (χ2v) is 6.38. The van der Waals surface area contributed by atoms with Crippen molar-refractivity contribution in [3.63, 3.8) is 0 Å². The Kier molecular flexibility index (Phi) is 3.91. The second kappa shape index (κ2) is 5.69. The lowest BCUT2D eigenvalue weighted by Gasteiger charge is -2.28. The molecule has 0 unspecified atom stereocenters. The predicted molar refractivity (Wildman–Crippen MR) is 77.8 cm³/mol. The quantitative estimate of drug-likeness (QED) is 0.900. The summed E-state index contributed by atoms with van der Waals surface area (Å²) in [6, 6.07) is 3.88. The normalized spacial score (nSPS) is 28.6. The highest BCUT2D eigenvalue weighted by Crippen LogP contribution is 2.41. The molecule has 116 valence electrons. The lowest BCUT2D eigenvalue weighted by Crippen LogP contribution is -2.45. The van der Waals surface area contributed by atoms with Gasteiger partial charge < -0.3 is 19.4 Å². The standard InChI is InChI=1S/C15H23N3O3/c1-17(2)14(19)16-9-15-10-18(6-12(15)8-20-11-15)7-13-4-3-5-21-13/h3-5,12H,6-11H2,1-2H3,(H,16,19)/t12-,15+/m1/s1. The molecule has 0 aromatic carbocycles. The van der Waals surface area contributed by atoms with Crippen LogP contribution in [0.25, 0.3) is 0 Å². The van der Waals surface area contributed by atoms with Crippen LogP contribution in [0, 0.1) is 11.3 Å². The fraction of sp³-hybridized carbons (Fsp3) is 0.667. The van der Waals surface area contributed by atoms with Gasteiger partial charge in [0.15, 0.2) is 0 Å². The molecule has 0 aliphatic carbocycles. The van der Waals surface area contributed by atoms with Crippen molar-refractivity contribution < 1.29 is 13.9 Å². The van der Waals surface area contributed by atoms with E-state index in [2.05, 4.69) is 10.2 Å². The SMILES string of the molecule is CN(C)C(=O)NC[C@]12COC[C@H]1CN(Cc1ccco1)C2. The van der Waals surface area contributed by atoms with Crippen LogP contribution in [0.15, 0.2) is 22.8 Å². The van der Waals surface area contributed by atoms with Gasteiger partial charge in [-0.15, -0.1) is 0 Å². The highest BCUT2D eigenvalue weighted by atomic mass is 16.5. The number of likely N-dealkylation sites (tertiary alicyclic amines) is 1. The molecule has 2 aliphatic heterocycles. The van der Waals surface area contributed by atoms with Gasteiger partial charge in [-0.1, -0.05) is 0 Å². The number of urea groups is 1. The molecule has 2 fully saturated rings. The number of hydrogen-bond acceptors (Lipinski definition) is 4. The lowest BCUT2D eigenvalue weighted by molar-refractivity contribution is 0.123. The van der Waals surface area contributed by atoms with Gasteiger partial charge in [0.2, 0.25) is 0 Å². The van der Waals surface area contributed by atoms with Crippen molar-refractivity contribution >= 4 is 6.03 Å². The molecule has 6 nitrogen and oxygen atoms in total. The van der Waals surface area contributed by atoms with E-state index in [1.54, 1.807) is 25.3 Å². The monoisotopic (exact) mass is 293 g/mol. The summed E-state index contributed by atoms with van der Waals surface area (Å²) in [6.45, 7) is 4.94. The Labute approximate surface area is 125 Å². The van der Waals surface area contributed by atoms with Crippen LogP contribution in [0.5, 0.6) is 0 Å². The van der Waals surface area contributed by atoms with Crippen molar-refractivity contribution in [2.24, 2.45) is 11.3 Å². The number of rotatable bonds is 4. The lowest BCUT2D eigenvalue weighted by atomic mass is 9.81. The molecule has 2 saturated heterocycles. The van der Waals surface area contributed by atoms with Gasteiger partial charge >= 0.3 is 6.03 Å². The maximum Gasteiger partial charge on any atom is 0.316 e. The molecule has 1 aromatic heterocycles. The molecule has 21 heavy (non-hydrogen) atoms. The van der Waals surface area contributed by atoms with Crippen molar-refractivity contribution in [2.75, 3.05) is 46.9 Å². The summed E-state index contributed by atoms with van der Waals surface area (Å²) in [5.74, 6) is 1.47. The zero-order valence-electron chi connectivity index (χ0n) is 12.7. The van der Waals surface area contributed by atoms with E-state index in [0.717, 1.165) is 38.6 Å². The molecule has 0 bridgehead atoms. The van der Waals surface area contributed by atoms with Crippen LogP contribution in [-0.4, -0.2) is 62.8 Å². The molecule has 0 spiro atoms.